The summed E-state index contributed by atoms with van der Waals surface area (Å²) in [5, 5.41) is 4.16. The Morgan fingerprint density at radius 2 is 2.27 bits per heavy atom. The Bertz CT molecular complexity index is 511. The number of likely N-dealkylation sites (tertiary alicyclic amines) is 1. The van der Waals surface area contributed by atoms with Crippen LogP contribution in [0.3, 0.4) is 0 Å². The Morgan fingerprint density at radius 3 is 2.82 bits per heavy atom. The van der Waals surface area contributed by atoms with Gasteiger partial charge in [0, 0.05) is 38.6 Å². The molecule has 0 amide bonds. The minimum absolute atomic E-state index is 0.575. The molecule has 0 spiro atoms. The molecule has 1 fully saturated rings. The van der Waals surface area contributed by atoms with Gasteiger partial charge in [-0.2, -0.15) is 0 Å². The van der Waals surface area contributed by atoms with Gasteiger partial charge in [-0.1, -0.05) is 11.6 Å². The first-order chi connectivity index (χ1) is 10.5. The molecule has 0 aromatic carbocycles. The summed E-state index contributed by atoms with van der Waals surface area (Å²) in [6.07, 6.45) is 4.46. The van der Waals surface area contributed by atoms with Crippen LogP contribution in [0.5, 0.6) is 0 Å². The van der Waals surface area contributed by atoms with E-state index in [1.165, 1.54) is 25.1 Å². The largest absolute Gasteiger partial charge is 0.357 e. The van der Waals surface area contributed by atoms with Crippen LogP contribution < -0.4 is 5.32 Å². The first-order valence-corrected chi connectivity index (χ1v) is 8.39. The Kier molecular flexibility index (Phi) is 6.15. The highest BCUT2D eigenvalue weighted by Gasteiger charge is 2.20. The molecule has 2 heterocycles. The summed E-state index contributed by atoms with van der Waals surface area (Å²) >= 11 is 6.06. The number of nitrogens with zero attached hydrogens (tertiary/aromatic N) is 4. The van der Waals surface area contributed by atoms with E-state index in [0.29, 0.717) is 6.04 Å². The van der Waals surface area contributed by atoms with E-state index in [2.05, 4.69) is 40.7 Å². The lowest BCUT2D eigenvalue weighted by atomic mass is 10.2. The fraction of sp³-hybridized carbons (Fsp3) is 0.688. The normalized spacial score (nSPS) is 19.7. The van der Waals surface area contributed by atoms with E-state index in [9.17, 15) is 0 Å². The second kappa shape index (κ2) is 7.88. The first-order valence-electron chi connectivity index (χ1n) is 8.01. The van der Waals surface area contributed by atoms with Crippen LogP contribution in [0.2, 0.25) is 5.02 Å². The molecule has 22 heavy (non-hydrogen) atoms. The van der Waals surface area contributed by atoms with E-state index in [1.807, 2.05) is 19.3 Å². The molecule has 1 aliphatic heterocycles. The number of rotatable bonds is 5. The SMILES string of the molecule is CCNC(=NCC1CCCN1C)N(C)Cc1cc(Cl)cn1C. The van der Waals surface area contributed by atoms with Crippen molar-refractivity contribution in [2.45, 2.75) is 32.4 Å². The summed E-state index contributed by atoms with van der Waals surface area (Å²) in [4.78, 5) is 9.39. The van der Waals surface area contributed by atoms with Gasteiger partial charge >= 0.3 is 0 Å². The Balaban J connectivity index is 2.00. The molecule has 0 bridgehead atoms. The fourth-order valence-corrected chi connectivity index (χ4v) is 3.19. The summed E-state index contributed by atoms with van der Waals surface area (Å²) in [6, 6.07) is 2.58. The molecule has 0 radical (unpaired) electrons. The monoisotopic (exact) mass is 325 g/mol. The smallest absolute Gasteiger partial charge is 0.194 e. The van der Waals surface area contributed by atoms with Crippen LogP contribution in [-0.2, 0) is 13.6 Å². The van der Waals surface area contributed by atoms with Gasteiger partial charge in [0.25, 0.3) is 0 Å². The Hall–Kier alpha value is -1.20. The lowest BCUT2D eigenvalue weighted by Crippen LogP contribution is -2.40. The van der Waals surface area contributed by atoms with E-state index in [1.54, 1.807) is 0 Å². The second-order valence-corrected chi connectivity index (χ2v) is 6.52. The number of likely N-dealkylation sites (N-methyl/N-ethyl adjacent to an activating group) is 1. The van der Waals surface area contributed by atoms with Gasteiger partial charge in [-0.3, -0.25) is 4.99 Å². The molecule has 1 aromatic heterocycles. The summed E-state index contributed by atoms with van der Waals surface area (Å²) in [5.41, 5.74) is 1.18. The molecule has 1 aliphatic rings. The van der Waals surface area contributed by atoms with Gasteiger partial charge in [-0.15, -0.1) is 0 Å². The van der Waals surface area contributed by atoms with Crippen molar-refractivity contribution in [1.29, 1.82) is 0 Å². The highest BCUT2D eigenvalue weighted by atomic mass is 35.5. The van der Waals surface area contributed by atoms with Crippen molar-refractivity contribution < 1.29 is 0 Å². The Labute approximate surface area is 138 Å². The van der Waals surface area contributed by atoms with Gasteiger partial charge < -0.3 is 19.7 Å². The van der Waals surface area contributed by atoms with E-state index < -0.39 is 0 Å². The molecule has 0 aliphatic carbocycles. The zero-order valence-corrected chi connectivity index (χ0v) is 14.9. The molecular weight excluding hydrogens is 298 g/mol. The number of nitrogens with one attached hydrogen (secondary N) is 1. The number of aryl methyl sites for hydroxylation is 1. The maximum Gasteiger partial charge on any atom is 0.194 e. The fourth-order valence-electron chi connectivity index (χ4n) is 2.91. The van der Waals surface area contributed by atoms with Crippen LogP contribution in [0.1, 0.15) is 25.5 Å². The topological polar surface area (TPSA) is 35.8 Å². The van der Waals surface area contributed by atoms with Crippen LogP contribution in [0.4, 0.5) is 0 Å². The minimum Gasteiger partial charge on any atom is -0.357 e. The van der Waals surface area contributed by atoms with Crippen LogP contribution in [-0.4, -0.2) is 60.1 Å². The predicted octanol–water partition coefficient (Wildman–Crippen LogP) is 2.17. The van der Waals surface area contributed by atoms with Crippen molar-refractivity contribution >= 4 is 17.6 Å². The van der Waals surface area contributed by atoms with Crippen LogP contribution in [0.25, 0.3) is 0 Å². The lowest BCUT2D eigenvalue weighted by molar-refractivity contribution is 0.316. The average molecular weight is 326 g/mol. The molecule has 1 saturated heterocycles. The molecule has 1 N–H and O–H groups in total. The maximum atomic E-state index is 6.06. The van der Waals surface area contributed by atoms with Gasteiger partial charge in [0.2, 0.25) is 0 Å². The molecule has 2 rings (SSSR count). The van der Waals surface area contributed by atoms with Crippen LogP contribution in [0.15, 0.2) is 17.3 Å². The molecular formula is C16H28ClN5. The number of hydrogen-bond acceptors (Lipinski definition) is 2. The molecule has 1 unspecified atom stereocenters. The van der Waals surface area contributed by atoms with E-state index in [-0.39, 0.29) is 0 Å². The van der Waals surface area contributed by atoms with Crippen molar-refractivity contribution in [3.63, 3.8) is 0 Å². The standard InChI is InChI=1S/C16H28ClN5/c1-5-18-16(19-10-14-7-6-8-20(14)2)22(4)12-15-9-13(17)11-21(15)3/h9,11,14H,5-8,10,12H2,1-4H3,(H,18,19). The number of halogens is 1. The van der Waals surface area contributed by atoms with Crippen molar-refractivity contribution in [1.82, 2.24) is 19.7 Å². The minimum atomic E-state index is 0.575. The third-order valence-electron chi connectivity index (χ3n) is 4.29. The third-order valence-corrected chi connectivity index (χ3v) is 4.50. The van der Waals surface area contributed by atoms with E-state index in [4.69, 9.17) is 16.6 Å². The summed E-state index contributed by atoms with van der Waals surface area (Å²) in [5.74, 6) is 0.958. The van der Waals surface area contributed by atoms with Crippen LogP contribution >= 0.6 is 11.6 Å². The number of guanidine groups is 1. The number of aromatic nitrogens is 1. The van der Waals surface area contributed by atoms with E-state index in [0.717, 1.165) is 30.6 Å². The second-order valence-electron chi connectivity index (χ2n) is 6.09. The molecule has 6 heteroatoms. The first kappa shape index (κ1) is 17.2. The lowest BCUT2D eigenvalue weighted by Gasteiger charge is -2.24. The quantitative estimate of drug-likeness (QED) is 0.666. The predicted molar refractivity (Wildman–Crippen MR) is 93.5 cm³/mol. The zero-order chi connectivity index (χ0) is 16.1. The molecule has 1 aromatic rings. The summed E-state index contributed by atoms with van der Waals surface area (Å²) in [7, 11) is 6.28. The molecule has 124 valence electrons. The highest BCUT2D eigenvalue weighted by molar-refractivity contribution is 6.30. The third kappa shape index (κ3) is 4.40. The van der Waals surface area contributed by atoms with Gasteiger partial charge in [0.15, 0.2) is 5.96 Å². The molecule has 5 nitrogen and oxygen atoms in total. The molecule has 1 atom stereocenters. The van der Waals surface area contributed by atoms with Gasteiger partial charge in [0.1, 0.15) is 0 Å². The van der Waals surface area contributed by atoms with Gasteiger partial charge in [-0.05, 0) is 39.4 Å². The van der Waals surface area contributed by atoms with Crippen molar-refractivity contribution in [3.05, 3.63) is 23.0 Å². The van der Waals surface area contributed by atoms with Crippen LogP contribution in [0, 0.1) is 0 Å². The summed E-state index contributed by atoms with van der Waals surface area (Å²) in [6.45, 7) is 5.81. The van der Waals surface area contributed by atoms with Crippen molar-refractivity contribution in [2.75, 3.05) is 33.7 Å². The number of aliphatic imine (C=N–C) groups is 1. The molecule has 0 saturated carbocycles. The maximum absolute atomic E-state index is 6.06. The number of hydrogen-bond donors (Lipinski definition) is 1. The summed E-state index contributed by atoms with van der Waals surface area (Å²) < 4.78 is 2.06. The zero-order valence-electron chi connectivity index (χ0n) is 14.1. The average Bonchev–Trinajstić information content (AvgIpc) is 3.00. The van der Waals surface area contributed by atoms with Crippen molar-refractivity contribution in [3.8, 4) is 0 Å². The highest BCUT2D eigenvalue weighted by Crippen LogP contribution is 2.16. The Morgan fingerprint density at radius 1 is 1.50 bits per heavy atom. The van der Waals surface area contributed by atoms with Gasteiger partial charge in [0.05, 0.1) is 18.1 Å². The van der Waals surface area contributed by atoms with Crippen molar-refractivity contribution in [2.24, 2.45) is 12.0 Å². The van der Waals surface area contributed by atoms with E-state index >= 15 is 0 Å². The van der Waals surface area contributed by atoms with Gasteiger partial charge in [-0.25, -0.2) is 0 Å².